The van der Waals surface area contributed by atoms with Crippen LogP contribution in [-0.2, 0) is 0 Å². The van der Waals surface area contributed by atoms with Gasteiger partial charge in [-0.1, -0.05) is 25.1 Å². The van der Waals surface area contributed by atoms with Gasteiger partial charge in [-0.2, -0.15) is 0 Å². The number of fused-ring (bicyclic) bond motifs is 1. The molecule has 1 aromatic carbocycles. The zero-order chi connectivity index (χ0) is 9.26. The molecule has 1 unspecified atom stereocenters. The Kier molecular flexibility index (Phi) is 2.40. The molecule has 0 amide bonds. The molecule has 0 radical (unpaired) electrons. The van der Waals surface area contributed by atoms with Crippen molar-refractivity contribution in [3.63, 3.8) is 0 Å². The molecule has 0 N–H and O–H groups in total. The highest BCUT2D eigenvalue weighted by Gasteiger charge is 2.23. The van der Waals surface area contributed by atoms with E-state index in [0.29, 0.717) is 17.5 Å². The molecule has 0 aliphatic carbocycles. The molecule has 0 aromatic heterocycles. The largest absolute Gasteiger partial charge is 0.294 e. The highest BCUT2D eigenvalue weighted by atomic mass is 32.2. The molecule has 1 aromatic rings. The summed E-state index contributed by atoms with van der Waals surface area (Å²) in [5.74, 6) is 0.307. The smallest absolute Gasteiger partial charge is 0.165 e. The van der Waals surface area contributed by atoms with Crippen LogP contribution in [0.5, 0.6) is 0 Å². The van der Waals surface area contributed by atoms with E-state index in [9.17, 15) is 4.79 Å². The average molecular weight is 192 g/mol. The standard InChI is InChI=1S/C11H12OS/c1-2-8-7-10(12)9-5-3-4-6-11(9)13-8/h3-6,8H,2,7H2,1H3. The number of rotatable bonds is 1. The molecule has 0 spiro atoms. The number of thioether (sulfide) groups is 1. The molecule has 68 valence electrons. The average Bonchev–Trinajstić information content (AvgIpc) is 2.18. The first kappa shape index (κ1) is 8.82. The van der Waals surface area contributed by atoms with E-state index in [1.807, 2.05) is 36.0 Å². The molecule has 0 saturated carbocycles. The second kappa shape index (κ2) is 3.54. The Morgan fingerprint density at radius 3 is 3.00 bits per heavy atom. The molecule has 0 bridgehead atoms. The SMILES string of the molecule is CCC1CC(=O)c2ccccc2S1. The maximum absolute atomic E-state index is 11.6. The molecule has 1 aliphatic rings. The lowest BCUT2D eigenvalue weighted by Crippen LogP contribution is -2.16. The van der Waals surface area contributed by atoms with Crippen LogP contribution in [-0.4, -0.2) is 11.0 Å². The van der Waals surface area contributed by atoms with Gasteiger partial charge >= 0.3 is 0 Å². The third-order valence-corrected chi connectivity index (χ3v) is 3.79. The van der Waals surface area contributed by atoms with Crippen LogP contribution in [0.25, 0.3) is 0 Å². The molecule has 1 heterocycles. The summed E-state index contributed by atoms with van der Waals surface area (Å²) in [4.78, 5) is 12.8. The van der Waals surface area contributed by atoms with Crippen LogP contribution in [0.3, 0.4) is 0 Å². The summed E-state index contributed by atoms with van der Waals surface area (Å²) in [6, 6.07) is 7.90. The van der Waals surface area contributed by atoms with E-state index in [0.717, 1.165) is 16.9 Å². The zero-order valence-electron chi connectivity index (χ0n) is 7.62. The van der Waals surface area contributed by atoms with Crippen molar-refractivity contribution < 1.29 is 4.79 Å². The van der Waals surface area contributed by atoms with Crippen molar-refractivity contribution in [1.82, 2.24) is 0 Å². The molecule has 1 nitrogen and oxygen atoms in total. The minimum Gasteiger partial charge on any atom is -0.294 e. The maximum Gasteiger partial charge on any atom is 0.165 e. The summed E-state index contributed by atoms with van der Waals surface area (Å²) in [7, 11) is 0. The van der Waals surface area contributed by atoms with Crippen LogP contribution in [0.4, 0.5) is 0 Å². The minimum atomic E-state index is 0.307. The van der Waals surface area contributed by atoms with Crippen molar-refractivity contribution in [2.75, 3.05) is 0 Å². The number of Topliss-reactive ketones (excluding diaryl/α,β-unsaturated/α-hetero) is 1. The van der Waals surface area contributed by atoms with Crippen molar-refractivity contribution in [3.05, 3.63) is 29.8 Å². The van der Waals surface area contributed by atoms with E-state index in [2.05, 4.69) is 6.92 Å². The van der Waals surface area contributed by atoms with Gasteiger partial charge in [-0.3, -0.25) is 4.79 Å². The normalized spacial score (nSPS) is 21.3. The second-order valence-electron chi connectivity index (χ2n) is 3.27. The Bertz CT molecular complexity index is 333. The van der Waals surface area contributed by atoms with Gasteiger partial charge in [0.15, 0.2) is 5.78 Å². The monoisotopic (exact) mass is 192 g/mol. The first-order chi connectivity index (χ1) is 6.31. The van der Waals surface area contributed by atoms with E-state index in [1.54, 1.807) is 0 Å². The zero-order valence-corrected chi connectivity index (χ0v) is 8.43. The molecule has 1 aliphatic heterocycles. The van der Waals surface area contributed by atoms with Gasteiger partial charge in [0.25, 0.3) is 0 Å². The Balaban J connectivity index is 2.37. The summed E-state index contributed by atoms with van der Waals surface area (Å²) < 4.78 is 0. The first-order valence-electron chi connectivity index (χ1n) is 4.60. The number of hydrogen-bond acceptors (Lipinski definition) is 2. The van der Waals surface area contributed by atoms with Gasteiger partial charge in [-0.05, 0) is 12.5 Å². The van der Waals surface area contributed by atoms with E-state index < -0.39 is 0 Å². The topological polar surface area (TPSA) is 17.1 Å². The highest BCUT2D eigenvalue weighted by molar-refractivity contribution is 8.00. The number of carbonyl (C=O) groups excluding carboxylic acids is 1. The molecular weight excluding hydrogens is 180 g/mol. The summed E-state index contributed by atoms with van der Waals surface area (Å²) in [6.45, 7) is 2.14. The first-order valence-corrected chi connectivity index (χ1v) is 5.48. The number of hydrogen-bond donors (Lipinski definition) is 0. The second-order valence-corrected chi connectivity index (χ2v) is 4.61. The lowest BCUT2D eigenvalue weighted by molar-refractivity contribution is 0.0976. The third-order valence-electron chi connectivity index (χ3n) is 2.35. The molecule has 13 heavy (non-hydrogen) atoms. The maximum atomic E-state index is 11.6. The summed E-state index contributed by atoms with van der Waals surface area (Å²) in [6.07, 6.45) is 1.78. The van der Waals surface area contributed by atoms with Gasteiger partial charge in [0.1, 0.15) is 0 Å². The van der Waals surface area contributed by atoms with Crippen LogP contribution >= 0.6 is 11.8 Å². The summed E-state index contributed by atoms with van der Waals surface area (Å²) >= 11 is 1.84. The fourth-order valence-electron chi connectivity index (χ4n) is 1.57. The molecule has 2 heteroatoms. The van der Waals surface area contributed by atoms with Crippen molar-refractivity contribution in [2.24, 2.45) is 0 Å². The Morgan fingerprint density at radius 2 is 2.23 bits per heavy atom. The third kappa shape index (κ3) is 1.63. The van der Waals surface area contributed by atoms with Gasteiger partial charge in [0.2, 0.25) is 0 Å². The fourth-order valence-corrected chi connectivity index (χ4v) is 2.79. The summed E-state index contributed by atoms with van der Waals surface area (Å²) in [5.41, 5.74) is 0.914. The van der Waals surface area contributed by atoms with Crippen molar-refractivity contribution >= 4 is 17.5 Å². The predicted molar refractivity (Wildman–Crippen MR) is 55.3 cm³/mol. The van der Waals surface area contributed by atoms with Gasteiger partial charge in [-0.25, -0.2) is 0 Å². The molecule has 0 fully saturated rings. The predicted octanol–water partition coefficient (Wildman–Crippen LogP) is 3.14. The fraction of sp³-hybridized carbons (Fsp3) is 0.364. The van der Waals surface area contributed by atoms with Crippen LogP contribution in [0.1, 0.15) is 30.1 Å². The van der Waals surface area contributed by atoms with Gasteiger partial charge in [0, 0.05) is 22.1 Å². The number of ketones is 1. The van der Waals surface area contributed by atoms with Crippen LogP contribution in [0.15, 0.2) is 29.2 Å². The Labute approximate surface area is 82.5 Å². The van der Waals surface area contributed by atoms with E-state index in [4.69, 9.17) is 0 Å². The minimum absolute atomic E-state index is 0.307. The number of benzene rings is 1. The quantitative estimate of drug-likeness (QED) is 0.680. The van der Waals surface area contributed by atoms with Crippen molar-refractivity contribution in [3.8, 4) is 0 Å². The molecular formula is C11H12OS. The van der Waals surface area contributed by atoms with Gasteiger partial charge in [-0.15, -0.1) is 11.8 Å². The Hall–Kier alpha value is -0.760. The lowest BCUT2D eigenvalue weighted by Gasteiger charge is -2.21. The van der Waals surface area contributed by atoms with E-state index in [-0.39, 0.29) is 0 Å². The van der Waals surface area contributed by atoms with Crippen LogP contribution in [0, 0.1) is 0 Å². The molecule has 0 saturated heterocycles. The molecule has 1 atom stereocenters. The van der Waals surface area contributed by atoms with Crippen molar-refractivity contribution in [1.29, 1.82) is 0 Å². The Morgan fingerprint density at radius 1 is 1.46 bits per heavy atom. The summed E-state index contributed by atoms with van der Waals surface area (Å²) in [5, 5.41) is 0.488. The van der Waals surface area contributed by atoms with E-state index in [1.165, 1.54) is 0 Å². The van der Waals surface area contributed by atoms with Crippen molar-refractivity contribution in [2.45, 2.75) is 29.9 Å². The van der Waals surface area contributed by atoms with Gasteiger partial charge < -0.3 is 0 Å². The van der Waals surface area contributed by atoms with E-state index >= 15 is 0 Å². The van der Waals surface area contributed by atoms with Crippen LogP contribution < -0.4 is 0 Å². The van der Waals surface area contributed by atoms with Gasteiger partial charge in [0.05, 0.1) is 0 Å². The lowest BCUT2D eigenvalue weighted by atomic mass is 10.0. The highest BCUT2D eigenvalue weighted by Crippen LogP contribution is 2.36. The molecule has 2 rings (SSSR count). The van der Waals surface area contributed by atoms with Crippen LogP contribution in [0.2, 0.25) is 0 Å². The number of carbonyl (C=O) groups is 1.